The Kier molecular flexibility index (Phi) is 7.31. The summed E-state index contributed by atoms with van der Waals surface area (Å²) >= 11 is 0. The topological polar surface area (TPSA) is 52.6 Å². The number of carbonyl (C=O) groups is 1. The third-order valence-electron chi connectivity index (χ3n) is 6.51. The fraction of sp³-hybridized carbons (Fsp3) is 0.696. The van der Waals surface area contributed by atoms with E-state index in [4.69, 9.17) is 0 Å². The number of rotatable bonds is 8. The highest BCUT2D eigenvalue weighted by Gasteiger charge is 2.46. The summed E-state index contributed by atoms with van der Waals surface area (Å²) in [4.78, 5) is 15.8. The van der Waals surface area contributed by atoms with Crippen molar-refractivity contribution >= 4 is 5.91 Å². The lowest BCUT2D eigenvalue weighted by molar-refractivity contribution is -0.148. The Hall–Kier alpha value is -1.39. The monoisotopic (exact) mass is 372 g/mol. The van der Waals surface area contributed by atoms with Crippen LogP contribution in [0.5, 0.6) is 0 Å². The third kappa shape index (κ3) is 4.91. The molecule has 4 nitrogen and oxygen atoms in total. The molecule has 2 fully saturated rings. The van der Waals surface area contributed by atoms with Gasteiger partial charge in [-0.3, -0.25) is 4.79 Å². The quantitative estimate of drug-likeness (QED) is 0.682. The summed E-state index contributed by atoms with van der Waals surface area (Å²) < 4.78 is 0. The van der Waals surface area contributed by atoms with Crippen LogP contribution in [0.4, 0.5) is 0 Å². The number of hydrogen-bond acceptors (Lipinski definition) is 3. The molecule has 1 aliphatic heterocycles. The molecule has 0 bridgehead atoms. The number of aliphatic hydroxyl groups is 1. The molecule has 1 unspecified atom stereocenters. The lowest BCUT2D eigenvalue weighted by atomic mass is 9.79. The Balaban J connectivity index is 1.61. The van der Waals surface area contributed by atoms with Crippen molar-refractivity contribution in [1.82, 2.24) is 10.2 Å². The molecule has 1 aromatic rings. The van der Waals surface area contributed by atoms with Crippen molar-refractivity contribution < 1.29 is 9.90 Å². The molecular formula is C23H36N2O2. The molecular weight excluding hydrogens is 336 g/mol. The van der Waals surface area contributed by atoms with Crippen molar-refractivity contribution in [1.29, 1.82) is 0 Å². The summed E-state index contributed by atoms with van der Waals surface area (Å²) in [6.07, 6.45) is 9.83. The van der Waals surface area contributed by atoms with Gasteiger partial charge in [-0.1, -0.05) is 62.9 Å². The van der Waals surface area contributed by atoms with Gasteiger partial charge in [-0.15, -0.1) is 0 Å². The summed E-state index contributed by atoms with van der Waals surface area (Å²) in [5.74, 6) is -0.168. The molecule has 3 rings (SSSR count). The van der Waals surface area contributed by atoms with E-state index in [-0.39, 0.29) is 17.9 Å². The van der Waals surface area contributed by atoms with Crippen LogP contribution in [0.3, 0.4) is 0 Å². The van der Waals surface area contributed by atoms with E-state index in [1.165, 1.54) is 25.8 Å². The molecule has 1 aliphatic carbocycles. The maximum atomic E-state index is 13.2. The number of hydrogen-bond donors (Lipinski definition) is 2. The van der Waals surface area contributed by atoms with E-state index >= 15 is 0 Å². The number of nitrogens with zero attached hydrogens (tertiary/aromatic N) is 1. The average Bonchev–Trinajstić information content (AvgIpc) is 3.25. The van der Waals surface area contributed by atoms with Crippen LogP contribution in [0.25, 0.3) is 0 Å². The average molecular weight is 373 g/mol. The molecule has 4 heteroatoms. The maximum Gasteiger partial charge on any atom is 0.257 e. The molecule has 2 aliphatic rings. The lowest BCUT2D eigenvalue weighted by Crippen LogP contribution is -2.54. The summed E-state index contributed by atoms with van der Waals surface area (Å²) in [7, 11) is 0. The van der Waals surface area contributed by atoms with Crippen molar-refractivity contribution in [2.45, 2.75) is 76.4 Å². The lowest BCUT2D eigenvalue weighted by Gasteiger charge is -2.37. The number of unbranched alkanes of at least 4 members (excludes halogenated alkanes) is 2. The molecule has 1 aromatic carbocycles. The van der Waals surface area contributed by atoms with Crippen LogP contribution in [0.1, 0.15) is 70.3 Å². The molecule has 1 saturated heterocycles. The standard InChI is InChI=1S/C23H36N2O2/c1-2-3-9-16-25-17-14-21(15-18-25)24-22(26)23(27,20-12-7-8-13-20)19-10-5-4-6-11-19/h4-6,10-11,20-21,27H,2-3,7-9,12-18H2,1H3,(H,24,26). The molecule has 1 saturated carbocycles. The highest BCUT2D eigenvalue weighted by Crippen LogP contribution is 2.41. The second kappa shape index (κ2) is 9.70. The first kappa shape index (κ1) is 20.3. The predicted molar refractivity (Wildman–Crippen MR) is 109 cm³/mol. The number of likely N-dealkylation sites (tertiary alicyclic amines) is 1. The predicted octanol–water partition coefficient (Wildman–Crippen LogP) is 3.84. The zero-order valence-electron chi connectivity index (χ0n) is 16.8. The van der Waals surface area contributed by atoms with Crippen molar-refractivity contribution in [2.24, 2.45) is 5.92 Å². The second-order valence-corrected chi connectivity index (χ2v) is 8.41. The van der Waals surface area contributed by atoms with Crippen molar-refractivity contribution in [2.75, 3.05) is 19.6 Å². The molecule has 0 aromatic heterocycles. The van der Waals surface area contributed by atoms with E-state index in [9.17, 15) is 9.90 Å². The van der Waals surface area contributed by atoms with Crippen molar-refractivity contribution in [3.8, 4) is 0 Å². The fourth-order valence-electron chi connectivity index (χ4n) is 4.77. The minimum Gasteiger partial charge on any atom is -0.375 e. The number of nitrogens with one attached hydrogen (secondary N) is 1. The Morgan fingerprint density at radius 1 is 1.11 bits per heavy atom. The first-order chi connectivity index (χ1) is 13.1. The van der Waals surface area contributed by atoms with E-state index in [0.717, 1.165) is 57.2 Å². The Labute approximate surface area is 164 Å². The normalized spacial score (nSPS) is 21.9. The fourth-order valence-corrected chi connectivity index (χ4v) is 4.77. The van der Waals surface area contributed by atoms with Gasteiger partial charge in [-0.2, -0.15) is 0 Å². The number of piperidine rings is 1. The van der Waals surface area contributed by atoms with Gasteiger partial charge in [0, 0.05) is 25.0 Å². The van der Waals surface area contributed by atoms with Crippen LogP contribution < -0.4 is 5.32 Å². The van der Waals surface area contributed by atoms with Gasteiger partial charge in [-0.05, 0) is 44.2 Å². The van der Waals surface area contributed by atoms with Crippen LogP contribution in [-0.4, -0.2) is 41.6 Å². The summed E-state index contributed by atoms with van der Waals surface area (Å²) in [6, 6.07) is 9.73. The van der Waals surface area contributed by atoms with Crippen molar-refractivity contribution in [3.63, 3.8) is 0 Å². The minimum absolute atomic E-state index is 0.0223. The van der Waals surface area contributed by atoms with Crippen LogP contribution >= 0.6 is 0 Å². The van der Waals surface area contributed by atoms with Gasteiger partial charge < -0.3 is 15.3 Å². The number of benzene rings is 1. The Bertz CT molecular complexity index is 577. The largest absolute Gasteiger partial charge is 0.375 e. The van der Waals surface area contributed by atoms with Gasteiger partial charge in [0.05, 0.1) is 0 Å². The first-order valence-corrected chi connectivity index (χ1v) is 11.0. The van der Waals surface area contributed by atoms with Gasteiger partial charge in [0.15, 0.2) is 5.60 Å². The first-order valence-electron chi connectivity index (χ1n) is 11.0. The highest BCUT2D eigenvalue weighted by molar-refractivity contribution is 5.87. The van der Waals surface area contributed by atoms with E-state index in [2.05, 4.69) is 17.1 Å². The van der Waals surface area contributed by atoms with Gasteiger partial charge in [0.25, 0.3) is 5.91 Å². The Morgan fingerprint density at radius 3 is 2.41 bits per heavy atom. The molecule has 0 spiro atoms. The van der Waals surface area contributed by atoms with Gasteiger partial charge >= 0.3 is 0 Å². The van der Waals surface area contributed by atoms with Crippen LogP contribution in [0.2, 0.25) is 0 Å². The summed E-state index contributed by atoms with van der Waals surface area (Å²) in [5, 5.41) is 14.8. The molecule has 1 heterocycles. The summed E-state index contributed by atoms with van der Waals surface area (Å²) in [6.45, 7) is 5.49. The molecule has 1 atom stereocenters. The second-order valence-electron chi connectivity index (χ2n) is 8.41. The van der Waals surface area contributed by atoms with E-state index in [1.54, 1.807) is 0 Å². The van der Waals surface area contributed by atoms with E-state index in [0.29, 0.717) is 0 Å². The third-order valence-corrected chi connectivity index (χ3v) is 6.51. The molecule has 1 amide bonds. The number of amides is 1. The van der Waals surface area contributed by atoms with Gasteiger partial charge in [-0.25, -0.2) is 0 Å². The molecule has 150 valence electrons. The van der Waals surface area contributed by atoms with Crippen LogP contribution in [-0.2, 0) is 10.4 Å². The van der Waals surface area contributed by atoms with E-state index < -0.39 is 5.60 Å². The highest BCUT2D eigenvalue weighted by atomic mass is 16.3. The molecule has 0 radical (unpaired) electrons. The van der Waals surface area contributed by atoms with Gasteiger partial charge in [0.2, 0.25) is 0 Å². The smallest absolute Gasteiger partial charge is 0.257 e. The Morgan fingerprint density at radius 2 is 1.78 bits per heavy atom. The van der Waals surface area contributed by atoms with Gasteiger partial charge in [0.1, 0.15) is 0 Å². The van der Waals surface area contributed by atoms with E-state index in [1.807, 2.05) is 30.3 Å². The van der Waals surface area contributed by atoms with Crippen LogP contribution in [0.15, 0.2) is 30.3 Å². The van der Waals surface area contributed by atoms with Crippen molar-refractivity contribution in [3.05, 3.63) is 35.9 Å². The zero-order chi connectivity index (χ0) is 19.1. The molecule has 2 N–H and O–H groups in total. The summed E-state index contributed by atoms with van der Waals surface area (Å²) in [5.41, 5.74) is -0.651. The minimum atomic E-state index is -1.39. The SMILES string of the molecule is CCCCCN1CCC(NC(=O)C(O)(c2ccccc2)C2CCCC2)CC1. The molecule has 27 heavy (non-hydrogen) atoms. The zero-order valence-corrected chi connectivity index (χ0v) is 16.8. The maximum absolute atomic E-state index is 13.2. The van der Waals surface area contributed by atoms with Crippen LogP contribution in [0, 0.1) is 5.92 Å². The number of carbonyl (C=O) groups excluding carboxylic acids is 1.